The summed E-state index contributed by atoms with van der Waals surface area (Å²) in [6.07, 6.45) is 0. The molecule has 5 nitrogen and oxygen atoms in total. The average molecular weight is 431 g/mol. The first-order valence-corrected chi connectivity index (χ1v) is 10.8. The van der Waals surface area contributed by atoms with Gasteiger partial charge in [-0.1, -0.05) is 54.6 Å². The van der Waals surface area contributed by atoms with Crippen LogP contribution in [0, 0.1) is 0 Å². The summed E-state index contributed by atoms with van der Waals surface area (Å²) < 4.78 is 0. The number of piperazine rings is 1. The smallest absolute Gasteiger partial charge is 0.257 e. The lowest BCUT2D eigenvalue weighted by Crippen LogP contribution is -2.45. The van der Waals surface area contributed by atoms with E-state index in [1.54, 1.807) is 0 Å². The molecule has 1 fully saturated rings. The Hall–Kier alpha value is -3.22. The Morgan fingerprint density at radius 1 is 0.806 bits per heavy atom. The highest BCUT2D eigenvalue weighted by atomic mass is 32.1. The fraction of sp³-hybridized carbons (Fsp3) is 0.200. The van der Waals surface area contributed by atoms with Crippen LogP contribution in [0.2, 0.25) is 0 Å². The van der Waals surface area contributed by atoms with Gasteiger partial charge in [-0.05, 0) is 54.7 Å². The summed E-state index contributed by atoms with van der Waals surface area (Å²) in [7, 11) is 2.14. The van der Waals surface area contributed by atoms with E-state index in [0.29, 0.717) is 10.7 Å². The van der Waals surface area contributed by atoms with Gasteiger partial charge in [-0.2, -0.15) is 0 Å². The molecule has 1 heterocycles. The van der Waals surface area contributed by atoms with E-state index in [2.05, 4.69) is 33.5 Å². The van der Waals surface area contributed by atoms with Crippen molar-refractivity contribution in [3.8, 4) is 11.1 Å². The fourth-order valence-corrected chi connectivity index (χ4v) is 3.88. The van der Waals surface area contributed by atoms with Crippen molar-refractivity contribution in [1.82, 2.24) is 10.2 Å². The van der Waals surface area contributed by atoms with E-state index < -0.39 is 0 Å². The molecule has 0 saturated carbocycles. The van der Waals surface area contributed by atoms with Gasteiger partial charge < -0.3 is 15.1 Å². The number of likely N-dealkylation sites (N-methyl/N-ethyl adjacent to an activating group) is 1. The Morgan fingerprint density at radius 3 is 2.13 bits per heavy atom. The molecule has 3 aromatic rings. The van der Waals surface area contributed by atoms with Crippen LogP contribution in [-0.4, -0.2) is 49.1 Å². The van der Waals surface area contributed by atoms with Gasteiger partial charge in [-0.25, -0.2) is 0 Å². The van der Waals surface area contributed by atoms with Crippen molar-refractivity contribution < 1.29 is 4.79 Å². The van der Waals surface area contributed by atoms with Crippen LogP contribution in [0.5, 0.6) is 0 Å². The minimum absolute atomic E-state index is 0.228. The monoisotopic (exact) mass is 430 g/mol. The number of hydrogen-bond donors (Lipinski definition) is 2. The van der Waals surface area contributed by atoms with E-state index in [1.807, 2.05) is 72.8 Å². The van der Waals surface area contributed by atoms with Gasteiger partial charge in [0.1, 0.15) is 0 Å². The van der Waals surface area contributed by atoms with Gasteiger partial charge >= 0.3 is 0 Å². The molecule has 0 radical (unpaired) electrons. The molecule has 1 aliphatic heterocycles. The number of thiocarbonyl (C=S) groups is 1. The van der Waals surface area contributed by atoms with Gasteiger partial charge in [0.25, 0.3) is 5.91 Å². The number of rotatable bonds is 4. The van der Waals surface area contributed by atoms with E-state index in [9.17, 15) is 4.79 Å². The SMILES string of the molecule is CN1CCN(c2ccccc2NC(=S)NC(=O)c2ccc(-c3ccccc3)cc2)CC1. The molecule has 1 aliphatic rings. The predicted molar refractivity (Wildman–Crippen MR) is 132 cm³/mol. The van der Waals surface area contributed by atoms with Gasteiger partial charge in [-0.3, -0.25) is 10.1 Å². The summed E-state index contributed by atoms with van der Waals surface area (Å²) >= 11 is 5.42. The molecule has 158 valence electrons. The lowest BCUT2D eigenvalue weighted by Gasteiger charge is -2.35. The predicted octanol–water partition coefficient (Wildman–Crippen LogP) is 4.23. The van der Waals surface area contributed by atoms with E-state index in [-0.39, 0.29) is 5.91 Å². The van der Waals surface area contributed by atoms with Gasteiger partial charge in [0.05, 0.1) is 11.4 Å². The maximum Gasteiger partial charge on any atom is 0.257 e. The molecule has 0 atom stereocenters. The molecule has 0 spiro atoms. The molecule has 6 heteroatoms. The number of carbonyl (C=O) groups excluding carboxylic acids is 1. The molecule has 0 bridgehead atoms. The summed E-state index contributed by atoms with van der Waals surface area (Å²) in [4.78, 5) is 17.3. The molecule has 0 unspecified atom stereocenters. The number of para-hydroxylation sites is 2. The van der Waals surface area contributed by atoms with Gasteiger partial charge in [0.15, 0.2) is 5.11 Å². The summed E-state index contributed by atoms with van der Waals surface area (Å²) in [5.74, 6) is -0.228. The second-order valence-corrected chi connectivity index (χ2v) is 8.07. The third-order valence-corrected chi connectivity index (χ3v) is 5.68. The van der Waals surface area contributed by atoms with Crippen LogP contribution in [0.3, 0.4) is 0 Å². The Kier molecular flexibility index (Phi) is 6.60. The van der Waals surface area contributed by atoms with Crippen LogP contribution >= 0.6 is 12.2 Å². The normalized spacial score (nSPS) is 14.2. The van der Waals surface area contributed by atoms with Crippen molar-refractivity contribution in [1.29, 1.82) is 0 Å². The van der Waals surface area contributed by atoms with Gasteiger partial charge in [-0.15, -0.1) is 0 Å². The van der Waals surface area contributed by atoms with Crippen LogP contribution in [0.1, 0.15) is 10.4 Å². The van der Waals surface area contributed by atoms with Crippen LogP contribution in [0.15, 0.2) is 78.9 Å². The van der Waals surface area contributed by atoms with Crippen LogP contribution in [0.25, 0.3) is 11.1 Å². The van der Waals surface area contributed by atoms with Crippen molar-refractivity contribution in [3.63, 3.8) is 0 Å². The molecule has 1 saturated heterocycles. The lowest BCUT2D eigenvalue weighted by molar-refractivity contribution is 0.0978. The van der Waals surface area contributed by atoms with Crippen molar-refractivity contribution in [2.45, 2.75) is 0 Å². The maximum atomic E-state index is 12.7. The van der Waals surface area contributed by atoms with E-state index >= 15 is 0 Å². The van der Waals surface area contributed by atoms with Crippen molar-refractivity contribution in [2.75, 3.05) is 43.4 Å². The first kappa shape index (κ1) is 21.0. The number of anilines is 2. The molecule has 4 rings (SSSR count). The number of benzene rings is 3. The first-order chi connectivity index (χ1) is 15.1. The maximum absolute atomic E-state index is 12.7. The van der Waals surface area contributed by atoms with Gasteiger partial charge in [0, 0.05) is 31.7 Å². The molecule has 3 aromatic carbocycles. The molecular weight excluding hydrogens is 404 g/mol. The minimum atomic E-state index is -0.228. The minimum Gasteiger partial charge on any atom is -0.367 e. The Balaban J connectivity index is 1.40. The highest BCUT2D eigenvalue weighted by Crippen LogP contribution is 2.26. The molecule has 31 heavy (non-hydrogen) atoms. The second-order valence-electron chi connectivity index (χ2n) is 7.66. The van der Waals surface area contributed by atoms with E-state index in [4.69, 9.17) is 12.2 Å². The molecule has 2 N–H and O–H groups in total. The van der Waals surface area contributed by atoms with Crippen LogP contribution < -0.4 is 15.5 Å². The Labute approximate surface area is 188 Å². The molecule has 0 aliphatic carbocycles. The van der Waals surface area contributed by atoms with Crippen molar-refractivity contribution in [2.24, 2.45) is 0 Å². The number of nitrogens with one attached hydrogen (secondary N) is 2. The highest BCUT2D eigenvalue weighted by Gasteiger charge is 2.17. The molecular formula is C25H26N4OS. The quantitative estimate of drug-likeness (QED) is 0.607. The van der Waals surface area contributed by atoms with Crippen molar-refractivity contribution >= 4 is 34.6 Å². The second kappa shape index (κ2) is 9.73. The number of amides is 1. The third kappa shape index (κ3) is 5.29. The van der Waals surface area contributed by atoms with Crippen LogP contribution in [0.4, 0.5) is 11.4 Å². The van der Waals surface area contributed by atoms with Gasteiger partial charge in [0.2, 0.25) is 0 Å². The Morgan fingerprint density at radius 2 is 1.42 bits per heavy atom. The summed E-state index contributed by atoms with van der Waals surface area (Å²) in [5.41, 5.74) is 4.75. The standard InChI is InChI=1S/C25H26N4OS/c1-28-15-17-29(18-16-28)23-10-6-5-9-22(23)26-25(31)27-24(30)21-13-11-20(12-14-21)19-7-3-2-4-8-19/h2-14H,15-18H2,1H3,(H2,26,27,30,31). The fourth-order valence-electron chi connectivity index (χ4n) is 3.68. The zero-order valence-electron chi connectivity index (χ0n) is 17.5. The zero-order valence-corrected chi connectivity index (χ0v) is 18.4. The Bertz CT molecular complexity index is 1040. The summed E-state index contributed by atoms with van der Waals surface area (Å²) in [5, 5.41) is 6.29. The average Bonchev–Trinajstić information content (AvgIpc) is 2.81. The topological polar surface area (TPSA) is 47.6 Å². The third-order valence-electron chi connectivity index (χ3n) is 5.48. The lowest BCUT2D eigenvalue weighted by atomic mass is 10.0. The number of carbonyl (C=O) groups is 1. The van der Waals surface area contributed by atoms with Crippen LogP contribution in [-0.2, 0) is 0 Å². The number of nitrogens with zero attached hydrogens (tertiary/aromatic N) is 2. The van der Waals surface area contributed by atoms with E-state index in [1.165, 1.54) is 0 Å². The summed E-state index contributed by atoms with van der Waals surface area (Å²) in [6, 6.07) is 25.7. The molecule has 1 amide bonds. The molecule has 0 aromatic heterocycles. The van der Waals surface area contributed by atoms with Crippen molar-refractivity contribution in [3.05, 3.63) is 84.4 Å². The first-order valence-electron chi connectivity index (χ1n) is 10.4. The zero-order chi connectivity index (χ0) is 21.6. The summed E-state index contributed by atoms with van der Waals surface area (Å²) in [6.45, 7) is 3.97. The largest absolute Gasteiger partial charge is 0.367 e. The number of hydrogen-bond acceptors (Lipinski definition) is 4. The van der Waals surface area contributed by atoms with E-state index in [0.717, 1.165) is 48.7 Å². The highest BCUT2D eigenvalue weighted by molar-refractivity contribution is 7.80.